The van der Waals surface area contributed by atoms with Crippen LogP contribution in [-0.4, -0.2) is 13.2 Å². The van der Waals surface area contributed by atoms with Gasteiger partial charge in [-0.2, -0.15) is 0 Å². The number of allylic oxidation sites excluding steroid dienone is 3. The summed E-state index contributed by atoms with van der Waals surface area (Å²) in [6.45, 7) is 3.73. The molecule has 0 atom stereocenters. The predicted octanol–water partition coefficient (Wildman–Crippen LogP) is 4.25. The highest BCUT2D eigenvalue weighted by molar-refractivity contribution is 5.06. The van der Waals surface area contributed by atoms with Gasteiger partial charge in [-0.15, -0.1) is 0 Å². The summed E-state index contributed by atoms with van der Waals surface area (Å²) < 4.78 is 5.44. The molecular formula is C14H24O. The molecule has 0 saturated heterocycles. The molecule has 0 N–H and O–H groups in total. The summed E-state index contributed by atoms with van der Waals surface area (Å²) in [7, 11) is 0. The molecule has 86 valence electrons. The van der Waals surface area contributed by atoms with E-state index in [0.717, 1.165) is 13.2 Å². The Morgan fingerprint density at radius 2 is 2.27 bits per heavy atom. The van der Waals surface area contributed by atoms with Crippen molar-refractivity contribution in [1.29, 1.82) is 0 Å². The molecule has 0 aromatic heterocycles. The zero-order chi connectivity index (χ0) is 10.8. The normalized spacial score (nSPS) is 16.2. The standard InChI is InChI=1S/C14H24O/c1-2-3-12-15-13-8-4-5-9-14-10-6-7-11-14/h2-3,10H,4-9,11-13H2,1H3. The van der Waals surface area contributed by atoms with Crippen molar-refractivity contribution in [3.8, 4) is 0 Å². The number of rotatable bonds is 8. The first-order valence-electron chi connectivity index (χ1n) is 6.30. The fourth-order valence-electron chi connectivity index (χ4n) is 1.94. The van der Waals surface area contributed by atoms with E-state index in [2.05, 4.69) is 12.2 Å². The van der Waals surface area contributed by atoms with E-state index in [1.807, 2.05) is 13.0 Å². The van der Waals surface area contributed by atoms with Crippen LogP contribution in [0.1, 0.15) is 51.9 Å². The maximum Gasteiger partial charge on any atom is 0.0647 e. The second kappa shape index (κ2) is 8.72. The Hall–Kier alpha value is -0.560. The molecule has 1 rings (SSSR count). The molecule has 0 fully saturated rings. The number of ether oxygens (including phenoxy) is 1. The fraction of sp³-hybridized carbons (Fsp3) is 0.714. The molecule has 1 heteroatoms. The Morgan fingerprint density at radius 3 is 3.00 bits per heavy atom. The molecule has 1 aliphatic carbocycles. The minimum absolute atomic E-state index is 0.779. The van der Waals surface area contributed by atoms with E-state index in [0.29, 0.717) is 0 Å². The number of hydrogen-bond acceptors (Lipinski definition) is 1. The van der Waals surface area contributed by atoms with Crippen molar-refractivity contribution >= 4 is 0 Å². The minimum Gasteiger partial charge on any atom is -0.377 e. The van der Waals surface area contributed by atoms with E-state index in [1.165, 1.54) is 44.9 Å². The molecule has 1 aliphatic rings. The van der Waals surface area contributed by atoms with Gasteiger partial charge in [-0.05, 0) is 45.4 Å². The Bertz CT molecular complexity index is 203. The summed E-state index contributed by atoms with van der Waals surface area (Å²) in [4.78, 5) is 0. The Kier molecular flexibility index (Phi) is 7.28. The first kappa shape index (κ1) is 12.5. The van der Waals surface area contributed by atoms with Crippen molar-refractivity contribution in [2.45, 2.75) is 51.9 Å². The maximum atomic E-state index is 5.44. The second-order valence-corrected chi connectivity index (χ2v) is 4.21. The molecule has 0 unspecified atom stereocenters. The lowest BCUT2D eigenvalue weighted by molar-refractivity contribution is 0.157. The van der Waals surface area contributed by atoms with E-state index >= 15 is 0 Å². The van der Waals surface area contributed by atoms with E-state index in [-0.39, 0.29) is 0 Å². The largest absolute Gasteiger partial charge is 0.377 e. The van der Waals surface area contributed by atoms with Crippen molar-refractivity contribution in [2.75, 3.05) is 13.2 Å². The molecule has 0 aromatic carbocycles. The maximum absolute atomic E-state index is 5.44. The number of unbranched alkanes of at least 4 members (excludes halogenated alkanes) is 2. The van der Waals surface area contributed by atoms with E-state index in [1.54, 1.807) is 5.57 Å². The van der Waals surface area contributed by atoms with Crippen LogP contribution in [0.2, 0.25) is 0 Å². The van der Waals surface area contributed by atoms with Crippen LogP contribution in [0, 0.1) is 0 Å². The highest BCUT2D eigenvalue weighted by atomic mass is 16.5. The average Bonchev–Trinajstić information content (AvgIpc) is 2.75. The zero-order valence-corrected chi connectivity index (χ0v) is 10.0. The number of hydrogen-bond donors (Lipinski definition) is 0. The van der Waals surface area contributed by atoms with Gasteiger partial charge in [0.2, 0.25) is 0 Å². The van der Waals surface area contributed by atoms with E-state index in [4.69, 9.17) is 4.74 Å². The summed E-state index contributed by atoms with van der Waals surface area (Å²) in [6, 6.07) is 0. The molecule has 0 amide bonds. The van der Waals surface area contributed by atoms with Crippen molar-refractivity contribution in [2.24, 2.45) is 0 Å². The highest BCUT2D eigenvalue weighted by Gasteiger charge is 2.03. The van der Waals surface area contributed by atoms with Crippen LogP contribution in [0.3, 0.4) is 0 Å². The van der Waals surface area contributed by atoms with Gasteiger partial charge < -0.3 is 4.74 Å². The quantitative estimate of drug-likeness (QED) is 0.428. The monoisotopic (exact) mass is 208 g/mol. The molecule has 0 aliphatic heterocycles. The zero-order valence-electron chi connectivity index (χ0n) is 10.0. The first-order chi connectivity index (χ1) is 7.43. The predicted molar refractivity (Wildman–Crippen MR) is 66.0 cm³/mol. The lowest BCUT2D eigenvalue weighted by Gasteiger charge is -2.02. The topological polar surface area (TPSA) is 9.23 Å². The van der Waals surface area contributed by atoms with Crippen molar-refractivity contribution in [3.63, 3.8) is 0 Å². The second-order valence-electron chi connectivity index (χ2n) is 4.21. The van der Waals surface area contributed by atoms with Crippen LogP contribution in [0.4, 0.5) is 0 Å². The summed E-state index contributed by atoms with van der Waals surface area (Å²) in [5.41, 5.74) is 1.70. The van der Waals surface area contributed by atoms with Gasteiger partial charge in [-0.1, -0.05) is 30.2 Å². The van der Waals surface area contributed by atoms with Gasteiger partial charge in [0.05, 0.1) is 6.61 Å². The lowest BCUT2D eigenvalue weighted by Crippen LogP contribution is -1.94. The van der Waals surface area contributed by atoms with Gasteiger partial charge in [0.1, 0.15) is 0 Å². The van der Waals surface area contributed by atoms with Crippen molar-refractivity contribution in [3.05, 3.63) is 23.8 Å². The van der Waals surface area contributed by atoms with Gasteiger partial charge in [0, 0.05) is 6.61 Å². The Balaban J connectivity index is 1.80. The smallest absolute Gasteiger partial charge is 0.0647 e. The van der Waals surface area contributed by atoms with Crippen molar-refractivity contribution in [1.82, 2.24) is 0 Å². The van der Waals surface area contributed by atoms with Gasteiger partial charge >= 0.3 is 0 Å². The molecule has 0 aromatic rings. The highest BCUT2D eigenvalue weighted by Crippen LogP contribution is 2.22. The average molecular weight is 208 g/mol. The van der Waals surface area contributed by atoms with Crippen LogP contribution < -0.4 is 0 Å². The first-order valence-corrected chi connectivity index (χ1v) is 6.30. The molecule has 15 heavy (non-hydrogen) atoms. The van der Waals surface area contributed by atoms with Gasteiger partial charge in [-0.25, -0.2) is 0 Å². The van der Waals surface area contributed by atoms with Crippen LogP contribution in [-0.2, 0) is 4.74 Å². The molecule has 0 radical (unpaired) electrons. The fourth-order valence-corrected chi connectivity index (χ4v) is 1.94. The van der Waals surface area contributed by atoms with Crippen LogP contribution in [0.25, 0.3) is 0 Å². The molecule has 0 heterocycles. The summed E-state index contributed by atoms with van der Waals surface area (Å²) in [6.07, 6.45) is 15.8. The Morgan fingerprint density at radius 1 is 1.33 bits per heavy atom. The van der Waals surface area contributed by atoms with Crippen LogP contribution in [0.5, 0.6) is 0 Å². The minimum atomic E-state index is 0.779. The van der Waals surface area contributed by atoms with Crippen LogP contribution in [0.15, 0.2) is 23.8 Å². The van der Waals surface area contributed by atoms with Gasteiger partial charge in [0.25, 0.3) is 0 Å². The molecular weight excluding hydrogens is 184 g/mol. The summed E-state index contributed by atoms with van der Waals surface area (Å²) >= 11 is 0. The molecule has 0 bridgehead atoms. The van der Waals surface area contributed by atoms with Crippen molar-refractivity contribution < 1.29 is 4.74 Å². The third kappa shape index (κ3) is 6.51. The van der Waals surface area contributed by atoms with Crippen LogP contribution >= 0.6 is 0 Å². The lowest BCUT2D eigenvalue weighted by atomic mass is 10.1. The van der Waals surface area contributed by atoms with Gasteiger partial charge in [-0.3, -0.25) is 0 Å². The third-order valence-electron chi connectivity index (χ3n) is 2.87. The third-order valence-corrected chi connectivity index (χ3v) is 2.87. The van der Waals surface area contributed by atoms with E-state index in [9.17, 15) is 0 Å². The molecule has 1 nitrogen and oxygen atoms in total. The molecule has 0 spiro atoms. The van der Waals surface area contributed by atoms with Gasteiger partial charge in [0.15, 0.2) is 0 Å². The van der Waals surface area contributed by atoms with E-state index < -0.39 is 0 Å². The Labute approximate surface area is 94.2 Å². The molecule has 0 saturated carbocycles. The SMILES string of the molecule is CC=CCOCCCCCC1=CCCC1. The summed E-state index contributed by atoms with van der Waals surface area (Å²) in [5.74, 6) is 0. The summed E-state index contributed by atoms with van der Waals surface area (Å²) in [5, 5.41) is 0.